The van der Waals surface area contributed by atoms with Crippen molar-refractivity contribution in [3.05, 3.63) is 83.6 Å². The van der Waals surface area contributed by atoms with Gasteiger partial charge in [-0.15, -0.1) is 0 Å². The quantitative estimate of drug-likeness (QED) is 0.554. The first-order valence-corrected chi connectivity index (χ1v) is 8.27. The molecule has 126 valence electrons. The lowest BCUT2D eigenvalue weighted by molar-refractivity contribution is 1.06. The molecule has 25 heavy (non-hydrogen) atoms. The minimum atomic E-state index is 0.365. The van der Waals surface area contributed by atoms with Crippen LogP contribution < -0.4 is 11.1 Å². The minimum Gasteiger partial charge on any atom is -0.370 e. The van der Waals surface area contributed by atoms with Crippen LogP contribution >= 0.6 is 0 Å². The van der Waals surface area contributed by atoms with Crippen molar-refractivity contribution in [2.75, 3.05) is 5.32 Å². The topological polar surface area (TPSA) is 63.3 Å². The molecule has 0 aliphatic carbocycles. The maximum Gasteiger partial charge on any atom is 0.194 e. The van der Waals surface area contributed by atoms with Gasteiger partial charge < -0.3 is 11.1 Å². The summed E-state index contributed by atoms with van der Waals surface area (Å²) in [5.41, 5.74) is 11.6. The monoisotopic (exact) mass is 330 g/mol. The summed E-state index contributed by atoms with van der Waals surface area (Å²) in [6, 6.07) is 22.6. The number of aromatic nitrogens is 1. The van der Waals surface area contributed by atoms with Crippen molar-refractivity contribution >= 4 is 11.8 Å². The van der Waals surface area contributed by atoms with Crippen molar-refractivity contribution < 1.29 is 0 Å². The average Bonchev–Trinajstić information content (AvgIpc) is 2.60. The van der Waals surface area contributed by atoms with Crippen LogP contribution in [0.1, 0.15) is 16.8 Å². The van der Waals surface area contributed by atoms with Gasteiger partial charge in [-0.1, -0.05) is 54.6 Å². The van der Waals surface area contributed by atoms with E-state index in [4.69, 9.17) is 5.73 Å². The number of guanidine groups is 1. The molecule has 0 unspecified atom stereocenters. The maximum atomic E-state index is 5.97. The Morgan fingerprint density at radius 2 is 1.64 bits per heavy atom. The van der Waals surface area contributed by atoms with Crippen LogP contribution in [-0.2, 0) is 6.54 Å². The summed E-state index contributed by atoms with van der Waals surface area (Å²) in [4.78, 5) is 8.80. The number of benzene rings is 2. The first-order chi connectivity index (χ1) is 12.1. The maximum absolute atomic E-state index is 5.97. The second-order valence-electron chi connectivity index (χ2n) is 6.06. The predicted octanol–water partition coefficient (Wildman–Crippen LogP) is 4.29. The van der Waals surface area contributed by atoms with E-state index in [1.54, 1.807) is 0 Å². The molecular formula is C21H22N4. The van der Waals surface area contributed by atoms with E-state index in [0.717, 1.165) is 22.6 Å². The Morgan fingerprint density at radius 3 is 2.32 bits per heavy atom. The van der Waals surface area contributed by atoms with Crippen LogP contribution in [0, 0.1) is 13.8 Å². The van der Waals surface area contributed by atoms with E-state index < -0.39 is 0 Å². The van der Waals surface area contributed by atoms with Crippen LogP contribution in [0.3, 0.4) is 0 Å². The van der Waals surface area contributed by atoms with Crippen LogP contribution in [0.4, 0.5) is 5.82 Å². The Labute approximate surface area is 148 Å². The molecule has 0 saturated heterocycles. The Balaban J connectivity index is 1.65. The van der Waals surface area contributed by atoms with Crippen LogP contribution in [0.25, 0.3) is 11.1 Å². The highest BCUT2D eigenvalue weighted by atomic mass is 15.1. The van der Waals surface area contributed by atoms with Crippen molar-refractivity contribution in [1.82, 2.24) is 4.98 Å². The summed E-state index contributed by atoms with van der Waals surface area (Å²) < 4.78 is 0. The van der Waals surface area contributed by atoms with Gasteiger partial charge in [0.2, 0.25) is 0 Å². The number of hydrogen-bond donors (Lipinski definition) is 2. The Bertz CT molecular complexity index is 848. The summed E-state index contributed by atoms with van der Waals surface area (Å²) in [7, 11) is 0. The lowest BCUT2D eigenvalue weighted by atomic mass is 10.0. The third-order valence-corrected chi connectivity index (χ3v) is 3.85. The molecule has 0 aliphatic heterocycles. The molecule has 0 saturated carbocycles. The van der Waals surface area contributed by atoms with E-state index in [0.29, 0.717) is 12.5 Å². The fourth-order valence-electron chi connectivity index (χ4n) is 2.69. The average molecular weight is 330 g/mol. The van der Waals surface area contributed by atoms with Crippen molar-refractivity contribution in [2.45, 2.75) is 20.4 Å². The third-order valence-electron chi connectivity index (χ3n) is 3.85. The van der Waals surface area contributed by atoms with Gasteiger partial charge in [0.15, 0.2) is 5.96 Å². The van der Waals surface area contributed by atoms with E-state index in [2.05, 4.69) is 51.7 Å². The fraction of sp³-hybridized carbons (Fsp3) is 0.143. The molecule has 0 aliphatic rings. The number of nitrogens with zero attached hydrogens (tertiary/aromatic N) is 2. The van der Waals surface area contributed by atoms with Gasteiger partial charge in [0.05, 0.1) is 6.54 Å². The first kappa shape index (κ1) is 16.7. The van der Waals surface area contributed by atoms with Gasteiger partial charge in [0, 0.05) is 5.69 Å². The second-order valence-corrected chi connectivity index (χ2v) is 6.06. The molecule has 0 amide bonds. The van der Waals surface area contributed by atoms with Crippen molar-refractivity contribution in [1.29, 1.82) is 0 Å². The number of anilines is 1. The highest BCUT2D eigenvalue weighted by molar-refractivity contribution is 5.91. The fourth-order valence-corrected chi connectivity index (χ4v) is 2.69. The molecule has 0 spiro atoms. The van der Waals surface area contributed by atoms with Gasteiger partial charge in [0.25, 0.3) is 0 Å². The number of nitrogens with one attached hydrogen (secondary N) is 1. The van der Waals surface area contributed by atoms with Crippen LogP contribution in [0.15, 0.2) is 71.7 Å². The highest BCUT2D eigenvalue weighted by Crippen LogP contribution is 2.19. The Hall–Kier alpha value is -3.14. The van der Waals surface area contributed by atoms with Gasteiger partial charge >= 0.3 is 0 Å². The van der Waals surface area contributed by atoms with Crippen LogP contribution in [0.2, 0.25) is 0 Å². The zero-order valence-electron chi connectivity index (χ0n) is 14.5. The SMILES string of the molecule is Cc1cc(C)nc(NC(N)=NCc2ccc(-c3ccccc3)cc2)c1. The van der Waals surface area contributed by atoms with Crippen molar-refractivity contribution in [2.24, 2.45) is 10.7 Å². The molecular weight excluding hydrogens is 308 g/mol. The molecule has 3 N–H and O–H groups in total. The summed E-state index contributed by atoms with van der Waals surface area (Å²) in [5, 5.41) is 3.05. The molecule has 0 atom stereocenters. The Kier molecular flexibility index (Phi) is 5.09. The summed E-state index contributed by atoms with van der Waals surface area (Å²) in [5.74, 6) is 1.09. The first-order valence-electron chi connectivity index (χ1n) is 8.27. The standard InChI is InChI=1S/C21H22N4/c1-15-12-16(2)24-20(13-15)25-21(22)23-14-17-8-10-19(11-9-17)18-6-4-3-5-7-18/h3-13H,14H2,1-2H3,(H3,22,23,24,25). The lowest BCUT2D eigenvalue weighted by Gasteiger charge is -2.07. The van der Waals surface area contributed by atoms with E-state index in [9.17, 15) is 0 Å². The third kappa shape index (κ3) is 4.67. The van der Waals surface area contributed by atoms with Gasteiger partial charge in [-0.2, -0.15) is 0 Å². The Morgan fingerprint density at radius 1 is 0.960 bits per heavy atom. The van der Waals surface area contributed by atoms with Gasteiger partial charge in [-0.25, -0.2) is 9.98 Å². The van der Waals surface area contributed by atoms with Crippen LogP contribution in [0.5, 0.6) is 0 Å². The number of hydrogen-bond acceptors (Lipinski definition) is 2. The predicted molar refractivity (Wildman–Crippen MR) is 105 cm³/mol. The van der Waals surface area contributed by atoms with Gasteiger partial charge in [-0.3, -0.25) is 0 Å². The van der Waals surface area contributed by atoms with Gasteiger partial charge in [0.1, 0.15) is 5.82 Å². The second kappa shape index (κ2) is 7.62. The normalized spacial score (nSPS) is 11.4. The molecule has 4 heteroatoms. The van der Waals surface area contributed by atoms with Crippen LogP contribution in [-0.4, -0.2) is 10.9 Å². The molecule has 2 aromatic carbocycles. The van der Waals surface area contributed by atoms with Gasteiger partial charge in [-0.05, 0) is 48.2 Å². The zero-order chi connectivity index (χ0) is 17.6. The summed E-state index contributed by atoms with van der Waals surface area (Å²) in [6.45, 7) is 4.51. The molecule has 1 heterocycles. The number of rotatable bonds is 4. The number of nitrogens with two attached hydrogens (primary N) is 1. The van der Waals surface area contributed by atoms with E-state index >= 15 is 0 Å². The summed E-state index contributed by atoms with van der Waals surface area (Å²) in [6.07, 6.45) is 0. The zero-order valence-corrected chi connectivity index (χ0v) is 14.5. The lowest BCUT2D eigenvalue weighted by Crippen LogP contribution is -2.23. The van der Waals surface area contributed by atoms with Crippen molar-refractivity contribution in [3.8, 4) is 11.1 Å². The van der Waals surface area contributed by atoms with E-state index in [1.807, 2.05) is 44.2 Å². The highest BCUT2D eigenvalue weighted by Gasteiger charge is 2.00. The largest absolute Gasteiger partial charge is 0.370 e. The molecule has 1 aromatic heterocycles. The minimum absolute atomic E-state index is 0.365. The van der Waals surface area contributed by atoms with E-state index in [1.165, 1.54) is 11.1 Å². The molecule has 3 rings (SSSR count). The van der Waals surface area contributed by atoms with Crippen molar-refractivity contribution in [3.63, 3.8) is 0 Å². The molecule has 0 radical (unpaired) electrons. The summed E-state index contributed by atoms with van der Waals surface area (Å²) >= 11 is 0. The molecule has 0 fully saturated rings. The molecule has 3 aromatic rings. The molecule has 4 nitrogen and oxygen atoms in total. The number of pyridine rings is 1. The smallest absolute Gasteiger partial charge is 0.194 e. The van der Waals surface area contributed by atoms with E-state index in [-0.39, 0.29) is 0 Å². The number of aliphatic imine (C=N–C) groups is 1. The molecule has 0 bridgehead atoms. The number of aryl methyl sites for hydroxylation is 2.